The van der Waals surface area contributed by atoms with Crippen molar-refractivity contribution in [3.05, 3.63) is 57.5 Å². The maximum atomic E-state index is 13.4. The van der Waals surface area contributed by atoms with E-state index in [9.17, 15) is 18.8 Å². The van der Waals surface area contributed by atoms with E-state index in [-0.39, 0.29) is 43.6 Å². The molecule has 9 heteroatoms. The van der Waals surface area contributed by atoms with Gasteiger partial charge in [-0.05, 0) is 55.0 Å². The van der Waals surface area contributed by atoms with E-state index in [1.807, 2.05) is 18.4 Å². The number of benzene rings is 1. The summed E-state index contributed by atoms with van der Waals surface area (Å²) in [5.41, 5.74) is 1.88. The first-order valence-electron chi connectivity index (χ1n) is 11.3. The fourth-order valence-corrected chi connectivity index (χ4v) is 4.26. The van der Waals surface area contributed by atoms with Crippen LogP contribution < -0.4 is 0 Å². The Labute approximate surface area is 204 Å². The quantitative estimate of drug-likeness (QED) is 0.295. The first-order valence-corrected chi connectivity index (χ1v) is 12.2. The number of esters is 1. The number of methoxy groups -OCH3 is 1. The lowest BCUT2D eigenvalue weighted by Gasteiger charge is -2.28. The Kier molecular flexibility index (Phi) is 11.7. The molecule has 34 heavy (non-hydrogen) atoms. The number of carbonyl (C=O) groups excluding carboxylic acids is 3. The molecule has 1 heterocycles. The van der Waals surface area contributed by atoms with Crippen LogP contribution in [0.25, 0.3) is 0 Å². The lowest BCUT2D eigenvalue weighted by atomic mass is 10.2. The van der Waals surface area contributed by atoms with Gasteiger partial charge in [-0.25, -0.2) is 4.39 Å². The van der Waals surface area contributed by atoms with Gasteiger partial charge >= 0.3 is 5.97 Å². The van der Waals surface area contributed by atoms with E-state index >= 15 is 0 Å². The van der Waals surface area contributed by atoms with Crippen LogP contribution >= 0.6 is 11.3 Å². The second-order valence-electron chi connectivity index (χ2n) is 7.87. The Bertz CT molecular complexity index is 932. The molecule has 186 valence electrons. The van der Waals surface area contributed by atoms with Crippen LogP contribution in [0.1, 0.15) is 42.2 Å². The van der Waals surface area contributed by atoms with Gasteiger partial charge in [-0.2, -0.15) is 0 Å². The zero-order chi connectivity index (χ0) is 24.9. The van der Waals surface area contributed by atoms with Crippen LogP contribution in [0.15, 0.2) is 35.7 Å². The summed E-state index contributed by atoms with van der Waals surface area (Å²) in [6, 6.07) is 8.03. The summed E-state index contributed by atoms with van der Waals surface area (Å²) in [5, 5.41) is 1.97. The number of hydrogen-bond donors (Lipinski definition) is 0. The minimum atomic E-state index is -0.440. The largest absolute Gasteiger partial charge is 0.466 e. The predicted molar refractivity (Wildman–Crippen MR) is 129 cm³/mol. The standard InChI is InChI=1S/C25H33FN2O5S/c1-4-33-25(31)11-10-23(29)27(13-5-14-32-3)18-24(30)28(17-22-19(2)12-15-34-22)16-20-6-8-21(26)9-7-20/h6-9,12,15H,4-5,10-11,13-14,16-18H2,1-3H3. The molecule has 0 bridgehead atoms. The van der Waals surface area contributed by atoms with Gasteiger partial charge < -0.3 is 19.3 Å². The number of nitrogens with zero attached hydrogens (tertiary/aromatic N) is 2. The van der Waals surface area contributed by atoms with Gasteiger partial charge in [0.2, 0.25) is 11.8 Å². The third-order valence-electron chi connectivity index (χ3n) is 5.25. The van der Waals surface area contributed by atoms with Crippen molar-refractivity contribution in [1.29, 1.82) is 0 Å². The zero-order valence-electron chi connectivity index (χ0n) is 20.0. The van der Waals surface area contributed by atoms with Crippen molar-refractivity contribution in [1.82, 2.24) is 9.80 Å². The van der Waals surface area contributed by atoms with E-state index in [0.29, 0.717) is 32.7 Å². The second-order valence-corrected chi connectivity index (χ2v) is 8.87. The lowest BCUT2D eigenvalue weighted by Crippen LogP contribution is -2.43. The Hall–Kier alpha value is -2.78. The molecule has 2 aromatic rings. The Morgan fingerprint density at radius 1 is 1.00 bits per heavy atom. The molecule has 0 saturated heterocycles. The molecular weight excluding hydrogens is 459 g/mol. The first-order chi connectivity index (χ1) is 16.3. The van der Waals surface area contributed by atoms with Gasteiger partial charge in [-0.1, -0.05) is 12.1 Å². The molecule has 0 aliphatic heterocycles. The highest BCUT2D eigenvalue weighted by Gasteiger charge is 2.23. The summed E-state index contributed by atoms with van der Waals surface area (Å²) >= 11 is 1.56. The molecule has 1 aromatic heterocycles. The summed E-state index contributed by atoms with van der Waals surface area (Å²) < 4.78 is 23.4. The van der Waals surface area contributed by atoms with Gasteiger partial charge in [0.1, 0.15) is 5.82 Å². The monoisotopic (exact) mass is 492 g/mol. The smallest absolute Gasteiger partial charge is 0.306 e. The van der Waals surface area contributed by atoms with Crippen molar-refractivity contribution in [3.63, 3.8) is 0 Å². The number of rotatable bonds is 14. The molecule has 0 unspecified atom stereocenters. The minimum absolute atomic E-state index is 0.0267. The SMILES string of the molecule is CCOC(=O)CCC(=O)N(CCCOC)CC(=O)N(Cc1ccc(F)cc1)Cc1sccc1C. The van der Waals surface area contributed by atoms with Crippen LogP contribution in [0, 0.1) is 12.7 Å². The fraction of sp³-hybridized carbons (Fsp3) is 0.480. The third-order valence-corrected chi connectivity index (χ3v) is 6.25. The van der Waals surface area contributed by atoms with Crippen molar-refractivity contribution < 1.29 is 28.2 Å². The molecule has 0 aliphatic rings. The van der Waals surface area contributed by atoms with Crippen molar-refractivity contribution in [2.75, 3.05) is 33.4 Å². The second kappa shape index (κ2) is 14.5. The molecule has 2 rings (SSSR count). The Balaban J connectivity index is 2.14. The molecule has 0 aliphatic carbocycles. The summed E-state index contributed by atoms with van der Waals surface area (Å²) in [6.07, 6.45) is 0.507. The number of amides is 2. The highest BCUT2D eigenvalue weighted by atomic mass is 32.1. The number of ether oxygens (including phenoxy) is 2. The van der Waals surface area contributed by atoms with Crippen molar-refractivity contribution in [2.45, 2.75) is 46.2 Å². The normalized spacial score (nSPS) is 10.7. The van der Waals surface area contributed by atoms with E-state index < -0.39 is 5.97 Å². The highest BCUT2D eigenvalue weighted by Crippen LogP contribution is 2.20. The maximum Gasteiger partial charge on any atom is 0.306 e. The average molecular weight is 493 g/mol. The number of halogens is 1. The van der Waals surface area contributed by atoms with Crippen LogP contribution in [-0.2, 0) is 36.9 Å². The van der Waals surface area contributed by atoms with Crippen molar-refractivity contribution in [3.8, 4) is 0 Å². The fourth-order valence-electron chi connectivity index (χ4n) is 3.34. The van der Waals surface area contributed by atoms with Crippen LogP contribution in [0.2, 0.25) is 0 Å². The molecule has 0 radical (unpaired) electrons. The number of hydrogen-bond acceptors (Lipinski definition) is 6. The molecule has 1 aromatic carbocycles. The van der Waals surface area contributed by atoms with Gasteiger partial charge in [0.15, 0.2) is 0 Å². The zero-order valence-corrected chi connectivity index (χ0v) is 20.9. The average Bonchev–Trinajstić information content (AvgIpc) is 3.22. The van der Waals surface area contributed by atoms with E-state index in [1.54, 1.807) is 42.4 Å². The summed E-state index contributed by atoms with van der Waals surface area (Å²) in [7, 11) is 1.58. The topological polar surface area (TPSA) is 76.1 Å². The number of aryl methyl sites for hydroxylation is 1. The van der Waals surface area contributed by atoms with Gasteiger partial charge in [0, 0.05) is 38.1 Å². The lowest BCUT2D eigenvalue weighted by molar-refractivity contribution is -0.146. The van der Waals surface area contributed by atoms with Gasteiger partial charge in [-0.15, -0.1) is 11.3 Å². The summed E-state index contributed by atoms with van der Waals surface area (Å²) in [4.78, 5) is 42.1. The van der Waals surface area contributed by atoms with Gasteiger partial charge in [-0.3, -0.25) is 14.4 Å². The van der Waals surface area contributed by atoms with Gasteiger partial charge in [0.05, 0.1) is 26.1 Å². The Morgan fingerprint density at radius 2 is 1.74 bits per heavy atom. The molecule has 0 spiro atoms. The van der Waals surface area contributed by atoms with Gasteiger partial charge in [0.25, 0.3) is 0 Å². The van der Waals surface area contributed by atoms with Crippen LogP contribution in [0.3, 0.4) is 0 Å². The molecule has 0 saturated carbocycles. The molecule has 7 nitrogen and oxygen atoms in total. The van der Waals surface area contributed by atoms with Crippen LogP contribution in [0.5, 0.6) is 0 Å². The maximum absolute atomic E-state index is 13.4. The third kappa shape index (κ3) is 9.23. The summed E-state index contributed by atoms with van der Waals surface area (Å²) in [6.45, 7) is 5.30. The first kappa shape index (κ1) is 27.5. The molecule has 0 atom stereocenters. The molecule has 0 fully saturated rings. The summed E-state index contributed by atoms with van der Waals surface area (Å²) in [5.74, 6) is -1.29. The van der Waals surface area contributed by atoms with Crippen molar-refractivity contribution in [2.24, 2.45) is 0 Å². The highest BCUT2D eigenvalue weighted by molar-refractivity contribution is 7.10. The molecule has 2 amide bonds. The van der Waals surface area contributed by atoms with Crippen LogP contribution in [0.4, 0.5) is 4.39 Å². The van der Waals surface area contributed by atoms with E-state index in [4.69, 9.17) is 9.47 Å². The van der Waals surface area contributed by atoms with Crippen LogP contribution in [-0.4, -0.2) is 61.0 Å². The Morgan fingerprint density at radius 3 is 2.35 bits per heavy atom. The number of carbonyl (C=O) groups is 3. The molecule has 0 N–H and O–H groups in total. The van der Waals surface area contributed by atoms with E-state index in [1.165, 1.54) is 17.0 Å². The van der Waals surface area contributed by atoms with E-state index in [2.05, 4.69) is 0 Å². The number of thiophene rings is 1. The van der Waals surface area contributed by atoms with Crippen molar-refractivity contribution >= 4 is 29.1 Å². The van der Waals surface area contributed by atoms with E-state index in [0.717, 1.165) is 16.0 Å². The minimum Gasteiger partial charge on any atom is -0.466 e. The predicted octanol–water partition coefficient (Wildman–Crippen LogP) is 3.93. The molecular formula is C25H33FN2O5S.